The second-order valence-corrected chi connectivity index (χ2v) is 9.51. The van der Waals surface area contributed by atoms with Crippen molar-refractivity contribution in [2.75, 3.05) is 16.7 Å². The molecule has 3 rings (SSSR count). The minimum Gasteiger partial charge on any atom is -0.322 e. The van der Waals surface area contributed by atoms with Crippen LogP contribution in [0.1, 0.15) is 41.3 Å². The summed E-state index contributed by atoms with van der Waals surface area (Å²) in [6, 6.07) is 21.2. The Bertz CT molecular complexity index is 1140. The Morgan fingerprint density at radius 3 is 2.29 bits per heavy atom. The molecule has 0 saturated heterocycles. The van der Waals surface area contributed by atoms with Crippen molar-refractivity contribution in [3.05, 3.63) is 89.5 Å². The highest BCUT2D eigenvalue weighted by atomic mass is 32.2. The lowest BCUT2D eigenvalue weighted by Crippen LogP contribution is -2.27. The lowest BCUT2D eigenvalue weighted by Gasteiger charge is -2.22. The zero-order valence-electron chi connectivity index (χ0n) is 18.1. The molecule has 3 aromatic carbocycles. The number of amides is 1. The Kier molecular flexibility index (Phi) is 7.13. The summed E-state index contributed by atoms with van der Waals surface area (Å²) in [6.07, 6.45) is 3.30. The van der Waals surface area contributed by atoms with Gasteiger partial charge in [-0.05, 0) is 67.3 Å². The molecule has 6 heteroatoms. The van der Waals surface area contributed by atoms with Crippen LogP contribution in [-0.4, -0.2) is 21.4 Å². The second-order valence-electron chi connectivity index (χ2n) is 7.54. The van der Waals surface area contributed by atoms with Gasteiger partial charge in [-0.3, -0.25) is 9.10 Å². The molecule has 0 aliphatic rings. The first-order valence-corrected chi connectivity index (χ1v) is 11.8. The molecule has 0 aliphatic heterocycles. The molecule has 0 spiro atoms. The van der Waals surface area contributed by atoms with Gasteiger partial charge in [-0.2, -0.15) is 0 Å². The second kappa shape index (κ2) is 9.79. The van der Waals surface area contributed by atoms with Crippen LogP contribution < -0.4 is 9.62 Å². The number of hydrogen-bond acceptors (Lipinski definition) is 3. The number of carbonyl (C=O) groups is 1. The van der Waals surface area contributed by atoms with Crippen LogP contribution in [0.3, 0.4) is 0 Å². The smallest absolute Gasteiger partial charge is 0.264 e. The molecular formula is C25H28N2O3S. The minimum absolute atomic E-state index is 0.204. The number of aryl methyl sites for hydroxylation is 2. The third-order valence-electron chi connectivity index (χ3n) is 5.24. The first-order chi connectivity index (χ1) is 14.8. The molecule has 0 radical (unpaired) electrons. The largest absolute Gasteiger partial charge is 0.322 e. The first kappa shape index (κ1) is 22.6. The van der Waals surface area contributed by atoms with Gasteiger partial charge in [0.1, 0.15) is 0 Å². The predicted octanol–water partition coefficient (Wildman–Crippen LogP) is 5.42. The lowest BCUT2D eigenvalue weighted by molar-refractivity contribution is 0.102. The molecule has 0 aromatic heterocycles. The maximum atomic E-state index is 13.0. The first-order valence-electron chi connectivity index (χ1n) is 10.4. The molecule has 0 heterocycles. The Balaban J connectivity index is 1.81. The monoisotopic (exact) mass is 436 g/mol. The van der Waals surface area contributed by atoms with Crippen LogP contribution in [0.5, 0.6) is 0 Å². The quantitative estimate of drug-likeness (QED) is 0.513. The van der Waals surface area contributed by atoms with Crippen LogP contribution in [0, 0.1) is 6.92 Å². The molecule has 3 aromatic rings. The van der Waals surface area contributed by atoms with Gasteiger partial charge in [0, 0.05) is 18.3 Å². The fourth-order valence-electron chi connectivity index (χ4n) is 3.31. The van der Waals surface area contributed by atoms with Crippen LogP contribution in [0.15, 0.2) is 77.7 Å². The van der Waals surface area contributed by atoms with Crippen molar-refractivity contribution in [2.24, 2.45) is 0 Å². The fourth-order valence-corrected chi connectivity index (χ4v) is 4.58. The molecule has 162 valence electrons. The van der Waals surface area contributed by atoms with Crippen molar-refractivity contribution in [1.29, 1.82) is 0 Å². The van der Waals surface area contributed by atoms with E-state index in [0.717, 1.165) is 24.8 Å². The summed E-state index contributed by atoms with van der Waals surface area (Å²) in [5, 5.41) is 2.89. The van der Waals surface area contributed by atoms with E-state index in [1.54, 1.807) is 48.5 Å². The van der Waals surface area contributed by atoms with E-state index in [1.165, 1.54) is 16.9 Å². The summed E-state index contributed by atoms with van der Waals surface area (Å²) in [5.41, 5.74) is 3.57. The number of sulfonamides is 1. The van der Waals surface area contributed by atoms with Crippen LogP contribution in [0.4, 0.5) is 11.4 Å². The number of anilines is 2. The average Bonchev–Trinajstić information content (AvgIpc) is 2.79. The van der Waals surface area contributed by atoms with E-state index >= 15 is 0 Å². The number of benzene rings is 3. The van der Waals surface area contributed by atoms with E-state index in [-0.39, 0.29) is 10.8 Å². The number of rotatable bonds is 8. The highest BCUT2D eigenvalue weighted by Gasteiger charge is 2.23. The molecule has 31 heavy (non-hydrogen) atoms. The van der Waals surface area contributed by atoms with Gasteiger partial charge in [-0.25, -0.2) is 8.42 Å². The summed E-state index contributed by atoms with van der Waals surface area (Å²) < 4.78 is 27.2. The topological polar surface area (TPSA) is 66.5 Å². The highest BCUT2D eigenvalue weighted by Crippen LogP contribution is 2.27. The van der Waals surface area contributed by atoms with Crippen molar-refractivity contribution < 1.29 is 13.2 Å². The van der Waals surface area contributed by atoms with Gasteiger partial charge in [0.2, 0.25) is 0 Å². The molecule has 5 nitrogen and oxygen atoms in total. The summed E-state index contributed by atoms with van der Waals surface area (Å²) in [6.45, 7) is 3.98. The van der Waals surface area contributed by atoms with Gasteiger partial charge in [0.25, 0.3) is 15.9 Å². The van der Waals surface area contributed by atoms with Gasteiger partial charge in [0.15, 0.2) is 0 Å². The SMILES string of the molecule is CCCCc1ccc(NC(=O)c2ccc(C)c(N(C)S(=O)(=O)c3ccccc3)c2)cc1. The van der Waals surface area contributed by atoms with Gasteiger partial charge in [-0.1, -0.05) is 49.7 Å². The predicted molar refractivity (Wildman–Crippen MR) is 126 cm³/mol. The Morgan fingerprint density at radius 1 is 0.968 bits per heavy atom. The number of unbranched alkanes of at least 4 members (excludes halogenated alkanes) is 1. The maximum Gasteiger partial charge on any atom is 0.264 e. The van der Waals surface area contributed by atoms with E-state index in [1.807, 2.05) is 31.2 Å². The zero-order chi connectivity index (χ0) is 22.4. The number of nitrogens with one attached hydrogen (secondary N) is 1. The third kappa shape index (κ3) is 5.33. The van der Waals surface area contributed by atoms with E-state index in [2.05, 4.69) is 12.2 Å². The molecule has 0 bridgehead atoms. The third-order valence-corrected chi connectivity index (χ3v) is 7.03. The molecule has 0 atom stereocenters. The average molecular weight is 437 g/mol. The number of carbonyl (C=O) groups excluding carboxylic acids is 1. The molecule has 1 amide bonds. The molecule has 1 N–H and O–H groups in total. The van der Waals surface area contributed by atoms with E-state index in [9.17, 15) is 13.2 Å². The van der Waals surface area contributed by atoms with Gasteiger partial charge in [0.05, 0.1) is 10.6 Å². The van der Waals surface area contributed by atoms with Crippen molar-refractivity contribution in [2.45, 2.75) is 38.0 Å². The van der Waals surface area contributed by atoms with Gasteiger partial charge in [-0.15, -0.1) is 0 Å². The Morgan fingerprint density at radius 2 is 1.65 bits per heavy atom. The van der Waals surface area contributed by atoms with Gasteiger partial charge < -0.3 is 5.32 Å². The molecule has 0 fully saturated rings. The summed E-state index contributed by atoms with van der Waals surface area (Å²) in [5.74, 6) is -0.284. The van der Waals surface area contributed by atoms with Crippen LogP contribution in [-0.2, 0) is 16.4 Å². The van der Waals surface area contributed by atoms with Crippen LogP contribution in [0.2, 0.25) is 0 Å². The zero-order valence-corrected chi connectivity index (χ0v) is 18.9. The van der Waals surface area contributed by atoms with Crippen molar-refractivity contribution in [3.63, 3.8) is 0 Å². The Labute approximate surface area is 184 Å². The van der Waals surface area contributed by atoms with E-state index in [4.69, 9.17) is 0 Å². The lowest BCUT2D eigenvalue weighted by atomic mass is 10.1. The van der Waals surface area contributed by atoms with Crippen LogP contribution in [0.25, 0.3) is 0 Å². The van der Waals surface area contributed by atoms with E-state index < -0.39 is 10.0 Å². The standard InChI is InChI=1S/C25H28N2O3S/c1-4-5-9-20-13-16-22(17-14-20)26-25(28)21-15-12-19(2)24(18-21)27(3)31(29,30)23-10-7-6-8-11-23/h6-8,10-18H,4-5,9H2,1-3H3,(H,26,28). The van der Waals surface area contributed by atoms with Crippen molar-refractivity contribution in [3.8, 4) is 0 Å². The Hall–Kier alpha value is -3.12. The van der Waals surface area contributed by atoms with Crippen molar-refractivity contribution >= 4 is 27.3 Å². The highest BCUT2D eigenvalue weighted by molar-refractivity contribution is 7.92. The van der Waals surface area contributed by atoms with Crippen molar-refractivity contribution in [1.82, 2.24) is 0 Å². The normalized spacial score (nSPS) is 11.2. The minimum atomic E-state index is -3.73. The summed E-state index contributed by atoms with van der Waals surface area (Å²) >= 11 is 0. The molecule has 0 aliphatic carbocycles. The van der Waals surface area contributed by atoms with E-state index in [0.29, 0.717) is 16.9 Å². The maximum absolute atomic E-state index is 13.0. The molecule has 0 unspecified atom stereocenters. The number of hydrogen-bond donors (Lipinski definition) is 1. The van der Waals surface area contributed by atoms with Crippen LogP contribution >= 0.6 is 0 Å². The fraction of sp³-hybridized carbons (Fsp3) is 0.240. The molecule has 0 saturated carbocycles. The molecular weight excluding hydrogens is 408 g/mol. The summed E-state index contributed by atoms with van der Waals surface area (Å²) in [7, 11) is -2.23. The number of nitrogens with zero attached hydrogens (tertiary/aromatic N) is 1. The summed E-state index contributed by atoms with van der Waals surface area (Å²) in [4.78, 5) is 13.0. The van der Waals surface area contributed by atoms with Gasteiger partial charge >= 0.3 is 0 Å².